The van der Waals surface area contributed by atoms with Crippen LogP contribution in [0.25, 0.3) is 0 Å². The molecule has 8 aliphatic heterocycles. The summed E-state index contributed by atoms with van der Waals surface area (Å²) in [4.78, 5) is 53.1. The molecule has 0 bridgehead atoms. The van der Waals surface area contributed by atoms with Gasteiger partial charge in [0, 0.05) is 175 Å². The molecule has 4 saturated heterocycles. The normalized spacial score (nSPS) is 40.8. The van der Waals surface area contributed by atoms with Crippen LogP contribution in [-0.4, -0.2) is 201 Å². The largest absolute Gasteiger partial charge is 0.493 e. The first kappa shape index (κ1) is 56.3. The van der Waals surface area contributed by atoms with Crippen molar-refractivity contribution in [3.05, 3.63) is 92.9 Å². The minimum absolute atomic E-state index is 0. The number of fused-ring (bicyclic) bond motifs is 12. The molecule has 704 valence electrons. The molecule has 16 atom stereocenters. The maximum absolute atomic E-state index is 13.2. The minimum atomic E-state index is -3.59. The number of rotatable bonds is 28. The number of esters is 4. The van der Waals surface area contributed by atoms with E-state index in [0.717, 1.165) is 54.8 Å². The van der Waals surface area contributed by atoms with Crippen LogP contribution in [0, 0.1) is 70.9 Å². The fourth-order valence-corrected chi connectivity index (χ4v) is 12.6. The van der Waals surface area contributed by atoms with Gasteiger partial charge in [-0.1, -0.05) is 140 Å². The van der Waals surface area contributed by atoms with Crippen LogP contribution in [0.15, 0.2) is 48.4 Å². The van der Waals surface area contributed by atoms with Gasteiger partial charge in [0.25, 0.3) is 0 Å². The zero-order chi connectivity index (χ0) is 129. The lowest BCUT2D eigenvalue weighted by atomic mass is 9.79. The molecule has 24 nitrogen and oxygen atoms in total. The van der Waals surface area contributed by atoms with Gasteiger partial charge in [0.15, 0.2) is 46.0 Å². The highest BCUT2D eigenvalue weighted by Gasteiger charge is 2.48. The Bertz CT molecular complexity index is 6440. The average molecular weight is 1780 g/mol. The van der Waals surface area contributed by atoms with Crippen LogP contribution in [-0.2, 0) is 63.6 Å². The Morgan fingerprint density at radius 2 is 0.621 bits per heavy atom. The zero-order valence-electron chi connectivity index (χ0n) is 119. The first-order valence-electron chi connectivity index (χ1n) is 62.7. The summed E-state index contributed by atoms with van der Waals surface area (Å²) in [5, 5.41) is 0. The highest BCUT2D eigenvalue weighted by atomic mass is 16.6. The van der Waals surface area contributed by atoms with Crippen molar-refractivity contribution in [2.75, 3.05) is 109 Å². The summed E-state index contributed by atoms with van der Waals surface area (Å²) in [6.45, 7) is -1.98. The van der Waals surface area contributed by atoms with Crippen LogP contribution in [0.1, 0.15) is 323 Å². The van der Waals surface area contributed by atoms with Gasteiger partial charge in [-0.3, -0.25) is 38.8 Å². The number of methoxy groups -OCH3 is 8. The molecule has 0 aromatic heterocycles. The van der Waals surface area contributed by atoms with Crippen LogP contribution >= 0.6 is 0 Å². The standard InChI is InChI=1S/4C24H38N2O4.4CH4/c4*1-14(2)9-17-13-26-8-7-16-10-21(28-5)22(29-6)11-18(16)19(26)12-20(17)30-24(27)23(25)15(3)4;;;;/h4*10-11,14-15,17,19-20,23H,7-9,12-13,25H2,1-6H3;4*1H4/t4*17?,19?,20?,23-;;;;/m0000..../s1/i7D2,8D2,10D,11D,12D2,13D2,17D,20D;7D2,8D2,10D,11D,12D2,13D2,17D,19D;7D2,8D2,12D2,13D2,17D,19D,20D;7D2,8D2,10D,11D,12D2,13D2,17D;;;;. The molecule has 0 spiro atoms. The van der Waals surface area contributed by atoms with Crippen LogP contribution in [0.4, 0.5) is 0 Å². The van der Waals surface area contributed by atoms with Gasteiger partial charge in [-0.2, -0.15) is 0 Å². The third kappa shape index (κ3) is 26.5. The topological polar surface area (TPSA) is 296 Å². The number of nitrogens with two attached hydrogens (primary N) is 4. The average Bonchev–Trinajstić information content (AvgIpc) is 0.657. The van der Waals surface area contributed by atoms with E-state index in [-0.39, 0.29) is 67.4 Å². The SMILES string of the molecule is C.C.C.C.[2H]C1([2H])c2cc(OC)c(OC)cc2C2([2H])N(C1([2H])[2H])C([2H])([2H])C([2H])(CC(C)C)C([2H])(OC(=O)[C@@H](N)C(C)C)C2([2H])[2H].[2H]c1c(OC)c(OC)c([2H])c2c1C([2H])([2H])C([2H])([2H])N1C([2H])([2H])C([2H])(CC(C)C)C(OC(=O)[C@@H](N)C(C)C)C([2H])([2H])C21[2H].[2H]c1c(OC)c(OC)c([2H])c2c1C1N(C([2H])([2H])C2([2H])[2H])C([2H])([2H])C([2H])(CC(C)C)C(OC(=O)[C@@H](N)C(C)C)C1([2H])[2H].[2H]c1c(OC)c(OC)c([2H])c2c1C1N(C([2H])([2H])C2([2H])[2H])C([2H])([2H])C([2H])(CC(C)C)C([2H])(OC(=O)[C@@H](N)C(C)C)C1([2H])[2H]. The fraction of sp³-hybridized carbons (Fsp3) is 0.720. The molecule has 124 heavy (non-hydrogen) atoms. The molecular weight excluding hydrogens is 1570 g/mol. The lowest BCUT2D eigenvalue weighted by Gasteiger charge is -2.47. The Morgan fingerprint density at radius 3 is 0.992 bits per heavy atom. The Morgan fingerprint density at radius 1 is 0.347 bits per heavy atom. The third-order valence-electron chi connectivity index (χ3n) is 19.4. The van der Waals surface area contributed by atoms with Gasteiger partial charge in [-0.05, 0) is 191 Å². The molecule has 24 heteroatoms. The van der Waals surface area contributed by atoms with Crippen molar-refractivity contribution < 1.29 is 139 Å². The Hall–Kier alpha value is -7.16. The second-order valence-electron chi connectivity index (χ2n) is 32.0. The lowest BCUT2D eigenvalue weighted by Crippen LogP contribution is -2.51. The molecule has 0 amide bonds. The fourth-order valence-electron chi connectivity index (χ4n) is 12.6. The Kier molecular flexibility index (Phi) is 22.2. The summed E-state index contributed by atoms with van der Waals surface area (Å²) in [6, 6.07) is -19.0. The summed E-state index contributed by atoms with van der Waals surface area (Å²) in [5.74, 6) is -23.5. The molecule has 0 radical (unpaired) electrons. The molecule has 12 rings (SSSR count). The quantitative estimate of drug-likeness (QED) is 0.0303. The number of hydrogen-bond acceptors (Lipinski definition) is 24. The Balaban J connectivity index is 0.000000393. The van der Waals surface area contributed by atoms with Gasteiger partial charge in [0.1, 0.15) is 48.5 Å². The van der Waals surface area contributed by atoms with Crippen molar-refractivity contribution in [1.82, 2.24) is 19.6 Å². The van der Waals surface area contributed by atoms with Crippen molar-refractivity contribution in [3.8, 4) is 46.0 Å². The first-order valence-corrected chi connectivity index (χ1v) is 39.7. The molecule has 8 aliphatic rings. The van der Waals surface area contributed by atoms with E-state index in [1.807, 2.05) is 0 Å². The molecular formula is C100H168N8O16. The molecule has 4 fully saturated rings. The van der Waals surface area contributed by atoms with Crippen molar-refractivity contribution in [3.63, 3.8) is 0 Å². The first-order chi connectivity index (χ1) is 74.6. The van der Waals surface area contributed by atoms with Crippen molar-refractivity contribution >= 4 is 23.9 Å². The van der Waals surface area contributed by atoms with Gasteiger partial charge >= 0.3 is 23.9 Å². The number of carbonyl (C=O) groups excluding carboxylic acids is 4. The van der Waals surface area contributed by atoms with Crippen LogP contribution in [0.2, 0.25) is 0 Å². The molecule has 0 saturated carbocycles. The second kappa shape index (κ2) is 48.9. The monoisotopic (exact) mass is 1780 g/mol. The maximum atomic E-state index is 13.2. The van der Waals surface area contributed by atoms with E-state index in [1.165, 1.54) is 14.2 Å². The van der Waals surface area contributed by atoms with Gasteiger partial charge < -0.3 is 79.8 Å². The minimum Gasteiger partial charge on any atom is -0.493 e. The molecule has 0 aliphatic carbocycles. The summed E-state index contributed by atoms with van der Waals surface area (Å²) >= 11 is 0. The van der Waals surface area contributed by atoms with Gasteiger partial charge in [-0.15, -0.1) is 0 Å². The van der Waals surface area contributed by atoms with Crippen LogP contribution in [0.3, 0.4) is 0 Å². The van der Waals surface area contributed by atoms with Crippen molar-refractivity contribution in [2.24, 2.45) is 93.9 Å². The second-order valence-corrected chi connectivity index (χ2v) is 32.0. The third-order valence-corrected chi connectivity index (χ3v) is 19.4. The summed E-state index contributed by atoms with van der Waals surface area (Å²) in [5.41, 5.74) is 18.0. The van der Waals surface area contributed by atoms with Crippen LogP contribution in [0.5, 0.6) is 46.0 Å². The van der Waals surface area contributed by atoms with E-state index in [9.17, 15) is 41.1 Å². The predicted molar refractivity (Wildman–Crippen MR) is 498 cm³/mol. The molecule has 8 heterocycles. The number of benzene rings is 4. The zero-order valence-corrected chi connectivity index (χ0v) is 72.9. The van der Waals surface area contributed by atoms with E-state index in [0.29, 0.717) is 4.90 Å². The number of piperidine rings is 4. The number of carbonyl (C=O) groups is 4. The lowest BCUT2D eigenvalue weighted by molar-refractivity contribution is -0.161. The molecule has 4 aromatic carbocycles. The van der Waals surface area contributed by atoms with E-state index >= 15 is 0 Å². The van der Waals surface area contributed by atoms with E-state index < -0.39 is 400 Å². The van der Waals surface area contributed by atoms with Crippen molar-refractivity contribution in [2.45, 2.75) is 290 Å². The maximum Gasteiger partial charge on any atom is 0.323 e. The van der Waals surface area contributed by atoms with Crippen molar-refractivity contribution in [1.29, 1.82) is 0 Å². The number of aryl methyl sites for hydroxylation is 1. The molecule has 12 unspecified atom stereocenters. The number of nitrogens with zero attached hydrogens (tertiary/aromatic N) is 4. The smallest absolute Gasteiger partial charge is 0.323 e. The molecule has 4 aromatic rings. The highest BCUT2D eigenvalue weighted by molar-refractivity contribution is 5.77. The van der Waals surface area contributed by atoms with E-state index in [2.05, 4.69) is 0 Å². The summed E-state index contributed by atoms with van der Waals surface area (Å²) in [7, 11) is 9.20. The van der Waals surface area contributed by atoms with E-state index in [4.69, 9.17) is 121 Å². The van der Waals surface area contributed by atoms with Crippen LogP contribution < -0.4 is 60.8 Å². The highest BCUT2D eigenvalue weighted by Crippen LogP contribution is 2.50. The molecule has 8 N–H and O–H groups in total. The summed E-state index contributed by atoms with van der Waals surface area (Å²) < 4.78 is 481. The van der Waals surface area contributed by atoms with E-state index in [1.54, 1.807) is 111 Å². The number of hydrogen-bond donors (Lipinski definition) is 4. The number of ether oxygens (including phenoxy) is 12. The van der Waals surface area contributed by atoms with Gasteiger partial charge in [0.05, 0.1) is 70.6 Å². The van der Waals surface area contributed by atoms with Gasteiger partial charge in [-0.25, -0.2) is 0 Å². The van der Waals surface area contributed by atoms with Gasteiger partial charge in [0.2, 0.25) is 0 Å². The summed E-state index contributed by atoms with van der Waals surface area (Å²) in [6.07, 6.45) is -39.9. The predicted octanol–water partition coefficient (Wildman–Crippen LogP) is 16.8. The Labute approximate surface area is 812 Å².